The van der Waals surface area contributed by atoms with Gasteiger partial charge in [0.15, 0.2) is 11.5 Å². The molecule has 0 spiro atoms. The highest BCUT2D eigenvalue weighted by Crippen LogP contribution is 2.36. The van der Waals surface area contributed by atoms with Crippen molar-refractivity contribution >= 4 is 23.5 Å². The van der Waals surface area contributed by atoms with Crippen LogP contribution < -0.4 is 0 Å². The molecule has 0 aliphatic heterocycles. The van der Waals surface area contributed by atoms with Crippen LogP contribution in [0.5, 0.6) is 11.5 Å². The van der Waals surface area contributed by atoms with E-state index in [4.69, 9.17) is 5.11 Å². The molecule has 0 aliphatic rings. The summed E-state index contributed by atoms with van der Waals surface area (Å²) in [6.45, 7) is 2.46. The molecule has 1 unspecified atom stereocenters. The number of benzene rings is 1. The van der Waals surface area contributed by atoms with E-state index in [0.717, 1.165) is 18.2 Å². The molecule has 0 heterocycles. The summed E-state index contributed by atoms with van der Waals surface area (Å²) in [5.41, 5.74) is -0.788. The zero-order valence-corrected chi connectivity index (χ0v) is 11.2. The standard InChI is InChI=1S/C13H13NO7/c1-6(13(18)19)9(7(2)15)3-8-4-10(14(20)21)12(17)11(16)5-8/h3-6,16-17H,1-2H3,(H,18,19). The molecule has 21 heavy (non-hydrogen) atoms. The number of phenols is 2. The van der Waals surface area contributed by atoms with Gasteiger partial charge in [0.1, 0.15) is 0 Å². The van der Waals surface area contributed by atoms with Crippen LogP contribution in [0.3, 0.4) is 0 Å². The van der Waals surface area contributed by atoms with Crippen molar-refractivity contribution in [2.75, 3.05) is 0 Å². The number of hydrogen-bond donors (Lipinski definition) is 3. The van der Waals surface area contributed by atoms with E-state index < -0.39 is 39.8 Å². The van der Waals surface area contributed by atoms with Crippen LogP contribution in [0, 0.1) is 16.0 Å². The molecule has 0 aromatic heterocycles. The predicted molar refractivity (Wildman–Crippen MR) is 71.9 cm³/mol. The van der Waals surface area contributed by atoms with Gasteiger partial charge < -0.3 is 15.3 Å². The molecule has 112 valence electrons. The first kappa shape index (κ1) is 16.2. The van der Waals surface area contributed by atoms with Crippen molar-refractivity contribution < 1.29 is 29.8 Å². The van der Waals surface area contributed by atoms with Crippen LogP contribution in [0.15, 0.2) is 17.7 Å². The van der Waals surface area contributed by atoms with Gasteiger partial charge in [-0.25, -0.2) is 0 Å². The van der Waals surface area contributed by atoms with Crippen LogP contribution >= 0.6 is 0 Å². The molecule has 0 aliphatic carbocycles. The van der Waals surface area contributed by atoms with Crippen LogP contribution in [-0.4, -0.2) is 32.0 Å². The minimum absolute atomic E-state index is 0.0373. The number of ketones is 1. The number of carboxylic acids is 1. The van der Waals surface area contributed by atoms with Gasteiger partial charge in [-0.2, -0.15) is 0 Å². The summed E-state index contributed by atoms with van der Waals surface area (Å²) in [6, 6.07) is 1.94. The van der Waals surface area contributed by atoms with Gasteiger partial charge in [0.25, 0.3) is 0 Å². The highest BCUT2D eigenvalue weighted by molar-refractivity contribution is 6.02. The zero-order chi connectivity index (χ0) is 16.3. The van der Waals surface area contributed by atoms with Crippen LogP contribution in [0.2, 0.25) is 0 Å². The third-order valence-electron chi connectivity index (χ3n) is 2.85. The number of Topliss-reactive ketones (excluding diaryl/α,β-unsaturated/α-hetero) is 1. The SMILES string of the molecule is CC(=O)C(=Cc1cc(O)c(O)c([N+](=O)[O-])c1)C(C)C(=O)O. The fraction of sp³-hybridized carbons (Fsp3) is 0.231. The van der Waals surface area contributed by atoms with Crippen molar-refractivity contribution in [1.29, 1.82) is 0 Å². The quantitative estimate of drug-likeness (QED) is 0.325. The number of carbonyl (C=O) groups is 2. The molecular weight excluding hydrogens is 282 g/mol. The number of nitrogens with zero attached hydrogens (tertiary/aromatic N) is 1. The summed E-state index contributed by atoms with van der Waals surface area (Å²) >= 11 is 0. The Kier molecular flexibility index (Phi) is 4.64. The Bertz CT molecular complexity index is 648. The molecule has 1 rings (SSSR count). The topological polar surface area (TPSA) is 138 Å². The van der Waals surface area contributed by atoms with E-state index in [1.165, 1.54) is 13.8 Å². The smallest absolute Gasteiger partial charge is 0.315 e. The van der Waals surface area contributed by atoms with Crippen LogP contribution in [0.25, 0.3) is 6.08 Å². The Morgan fingerprint density at radius 1 is 1.33 bits per heavy atom. The van der Waals surface area contributed by atoms with E-state index in [-0.39, 0.29) is 11.1 Å². The maximum atomic E-state index is 11.5. The number of carbonyl (C=O) groups excluding carboxylic acids is 1. The summed E-state index contributed by atoms with van der Waals surface area (Å²) in [5.74, 6) is -4.49. The first-order valence-corrected chi connectivity index (χ1v) is 5.80. The Morgan fingerprint density at radius 2 is 1.90 bits per heavy atom. The number of aliphatic carboxylic acids is 1. The lowest BCUT2D eigenvalue weighted by molar-refractivity contribution is -0.386. The lowest BCUT2D eigenvalue weighted by Crippen LogP contribution is -2.16. The van der Waals surface area contributed by atoms with E-state index in [1.54, 1.807) is 0 Å². The molecule has 8 heteroatoms. The number of aromatic hydroxyl groups is 2. The summed E-state index contributed by atoms with van der Waals surface area (Å²) in [4.78, 5) is 32.3. The van der Waals surface area contributed by atoms with E-state index >= 15 is 0 Å². The molecule has 0 amide bonds. The van der Waals surface area contributed by atoms with Gasteiger partial charge in [0.2, 0.25) is 5.75 Å². The van der Waals surface area contributed by atoms with Crippen LogP contribution in [0.4, 0.5) is 5.69 Å². The van der Waals surface area contributed by atoms with Crippen molar-refractivity contribution in [3.05, 3.63) is 33.4 Å². The van der Waals surface area contributed by atoms with Crippen molar-refractivity contribution in [1.82, 2.24) is 0 Å². The van der Waals surface area contributed by atoms with Crippen LogP contribution in [0.1, 0.15) is 19.4 Å². The Labute approximate surface area is 119 Å². The number of nitro groups is 1. The predicted octanol–water partition coefficient (Wildman–Crippen LogP) is 1.70. The number of rotatable bonds is 5. The molecule has 8 nitrogen and oxygen atoms in total. The maximum absolute atomic E-state index is 11.5. The van der Waals surface area contributed by atoms with E-state index in [1.807, 2.05) is 0 Å². The molecule has 0 fully saturated rings. The highest BCUT2D eigenvalue weighted by Gasteiger charge is 2.22. The average Bonchev–Trinajstić information content (AvgIpc) is 2.37. The average molecular weight is 295 g/mol. The number of nitro benzene ring substituents is 1. The van der Waals surface area contributed by atoms with Crippen molar-refractivity contribution in [3.8, 4) is 11.5 Å². The number of carboxylic acid groups (broad SMARTS) is 1. The number of hydrogen-bond acceptors (Lipinski definition) is 6. The number of phenolic OH excluding ortho intramolecular Hbond substituents is 2. The molecular formula is C13H13NO7. The van der Waals surface area contributed by atoms with Gasteiger partial charge in [-0.15, -0.1) is 0 Å². The maximum Gasteiger partial charge on any atom is 0.315 e. The Hall–Kier alpha value is -2.90. The monoisotopic (exact) mass is 295 g/mol. The van der Waals surface area contributed by atoms with Gasteiger partial charge in [-0.3, -0.25) is 19.7 Å². The second-order valence-electron chi connectivity index (χ2n) is 4.38. The third kappa shape index (κ3) is 3.56. The van der Waals surface area contributed by atoms with Crippen molar-refractivity contribution in [2.45, 2.75) is 13.8 Å². The van der Waals surface area contributed by atoms with E-state index in [0.29, 0.717) is 0 Å². The molecule has 0 bridgehead atoms. The first-order valence-electron chi connectivity index (χ1n) is 5.80. The van der Waals surface area contributed by atoms with Crippen molar-refractivity contribution in [2.24, 2.45) is 5.92 Å². The molecule has 0 saturated heterocycles. The van der Waals surface area contributed by atoms with Crippen molar-refractivity contribution in [3.63, 3.8) is 0 Å². The third-order valence-corrected chi connectivity index (χ3v) is 2.85. The summed E-state index contributed by atoms with van der Waals surface area (Å²) in [5, 5.41) is 38.5. The summed E-state index contributed by atoms with van der Waals surface area (Å²) in [7, 11) is 0. The minimum atomic E-state index is -1.23. The van der Waals surface area contributed by atoms with E-state index in [2.05, 4.69) is 0 Å². The molecule has 0 radical (unpaired) electrons. The van der Waals surface area contributed by atoms with E-state index in [9.17, 15) is 29.9 Å². The summed E-state index contributed by atoms with van der Waals surface area (Å²) in [6.07, 6.45) is 1.13. The molecule has 3 N–H and O–H groups in total. The molecule has 1 atom stereocenters. The van der Waals surface area contributed by atoms with Gasteiger partial charge in [-0.1, -0.05) is 0 Å². The van der Waals surface area contributed by atoms with Gasteiger partial charge in [-0.05, 0) is 31.6 Å². The van der Waals surface area contributed by atoms with Crippen LogP contribution in [-0.2, 0) is 9.59 Å². The molecule has 0 saturated carbocycles. The zero-order valence-electron chi connectivity index (χ0n) is 11.2. The fourth-order valence-electron chi connectivity index (χ4n) is 1.69. The second-order valence-corrected chi connectivity index (χ2v) is 4.38. The van der Waals surface area contributed by atoms with Gasteiger partial charge in [0.05, 0.1) is 10.8 Å². The molecule has 1 aromatic carbocycles. The van der Waals surface area contributed by atoms with Gasteiger partial charge >= 0.3 is 11.7 Å². The Morgan fingerprint density at radius 3 is 2.33 bits per heavy atom. The fourth-order valence-corrected chi connectivity index (χ4v) is 1.69. The lowest BCUT2D eigenvalue weighted by Gasteiger charge is -2.09. The largest absolute Gasteiger partial charge is 0.504 e. The lowest BCUT2D eigenvalue weighted by atomic mass is 9.95. The highest BCUT2D eigenvalue weighted by atomic mass is 16.6. The first-order chi connectivity index (χ1) is 9.65. The minimum Gasteiger partial charge on any atom is -0.504 e. The van der Waals surface area contributed by atoms with Gasteiger partial charge in [0, 0.05) is 11.6 Å². The normalized spacial score (nSPS) is 12.8. The Balaban J connectivity index is 3.44. The molecule has 1 aromatic rings. The summed E-state index contributed by atoms with van der Waals surface area (Å²) < 4.78 is 0. The second kappa shape index (κ2) is 6.04.